The lowest BCUT2D eigenvalue weighted by Gasteiger charge is -2.26. The number of aryl methyl sites for hydroxylation is 2. The van der Waals surface area contributed by atoms with Gasteiger partial charge in [-0.15, -0.1) is 11.8 Å². The molecule has 29 heavy (non-hydrogen) atoms. The maximum Gasteiger partial charge on any atom is 0.252 e. The van der Waals surface area contributed by atoms with Gasteiger partial charge in [0.1, 0.15) is 0 Å². The first-order chi connectivity index (χ1) is 13.9. The van der Waals surface area contributed by atoms with Gasteiger partial charge in [0.15, 0.2) is 0 Å². The Hall–Kier alpha value is -1.87. The predicted molar refractivity (Wildman–Crippen MR) is 115 cm³/mol. The Kier molecular flexibility index (Phi) is 7.34. The lowest BCUT2D eigenvalue weighted by Crippen LogP contribution is -2.41. The van der Waals surface area contributed by atoms with Crippen molar-refractivity contribution in [3.63, 3.8) is 0 Å². The van der Waals surface area contributed by atoms with E-state index in [-0.39, 0.29) is 16.4 Å². The quantitative estimate of drug-likeness (QED) is 0.536. The minimum atomic E-state index is -3.73. The molecule has 156 valence electrons. The van der Waals surface area contributed by atoms with E-state index < -0.39 is 10.0 Å². The number of ether oxygens (including phenoxy) is 1. The highest BCUT2D eigenvalue weighted by molar-refractivity contribution is 7.99. The number of hydrogen-bond acceptors (Lipinski definition) is 5. The molecular weight excluding hydrogens is 408 g/mol. The molecule has 0 aliphatic carbocycles. The van der Waals surface area contributed by atoms with Gasteiger partial charge in [0, 0.05) is 30.3 Å². The molecule has 0 atom stereocenters. The number of rotatable bonds is 7. The third-order valence-electron chi connectivity index (χ3n) is 4.85. The van der Waals surface area contributed by atoms with E-state index in [9.17, 15) is 13.2 Å². The van der Waals surface area contributed by atoms with Crippen LogP contribution in [0.5, 0.6) is 0 Å². The zero-order valence-electron chi connectivity index (χ0n) is 16.7. The van der Waals surface area contributed by atoms with Gasteiger partial charge in [0.25, 0.3) is 5.91 Å². The number of carbonyl (C=O) groups is 1. The van der Waals surface area contributed by atoms with Crippen molar-refractivity contribution in [2.45, 2.75) is 23.6 Å². The van der Waals surface area contributed by atoms with Gasteiger partial charge in [-0.25, -0.2) is 8.42 Å². The van der Waals surface area contributed by atoms with E-state index in [1.165, 1.54) is 21.5 Å². The summed E-state index contributed by atoms with van der Waals surface area (Å²) in [5.41, 5.74) is 2.66. The fourth-order valence-electron chi connectivity index (χ4n) is 3.04. The molecule has 8 heteroatoms. The van der Waals surface area contributed by atoms with Gasteiger partial charge in [-0.05, 0) is 49.2 Å². The molecular formula is C21H26N2O4S2. The van der Waals surface area contributed by atoms with E-state index in [4.69, 9.17) is 4.74 Å². The fourth-order valence-corrected chi connectivity index (χ4v) is 5.50. The molecule has 1 fully saturated rings. The fraction of sp³-hybridized carbons (Fsp3) is 0.381. The van der Waals surface area contributed by atoms with Crippen LogP contribution in [0.1, 0.15) is 21.5 Å². The van der Waals surface area contributed by atoms with Crippen LogP contribution in [0.2, 0.25) is 0 Å². The summed E-state index contributed by atoms with van der Waals surface area (Å²) in [6.45, 7) is 5.92. The van der Waals surface area contributed by atoms with Crippen molar-refractivity contribution in [1.29, 1.82) is 0 Å². The Morgan fingerprint density at radius 2 is 1.83 bits per heavy atom. The lowest BCUT2D eigenvalue weighted by atomic mass is 10.1. The first-order valence-electron chi connectivity index (χ1n) is 9.55. The number of nitrogens with one attached hydrogen (secondary N) is 1. The molecule has 0 saturated carbocycles. The normalized spacial score (nSPS) is 15.2. The summed E-state index contributed by atoms with van der Waals surface area (Å²) in [5, 5.41) is 2.84. The van der Waals surface area contributed by atoms with Crippen molar-refractivity contribution < 1.29 is 17.9 Å². The predicted octanol–water partition coefficient (Wildman–Crippen LogP) is 2.85. The molecule has 1 aliphatic rings. The van der Waals surface area contributed by atoms with Gasteiger partial charge < -0.3 is 10.1 Å². The highest BCUT2D eigenvalue weighted by atomic mass is 32.2. The van der Waals surface area contributed by atoms with Crippen LogP contribution in [0.25, 0.3) is 0 Å². The summed E-state index contributed by atoms with van der Waals surface area (Å²) >= 11 is 1.66. The van der Waals surface area contributed by atoms with Crippen molar-refractivity contribution in [2.24, 2.45) is 0 Å². The minimum absolute atomic E-state index is 0.0428. The monoisotopic (exact) mass is 434 g/mol. The average Bonchev–Trinajstić information content (AvgIpc) is 2.74. The van der Waals surface area contributed by atoms with Crippen molar-refractivity contribution in [3.8, 4) is 0 Å². The maximum atomic E-state index is 13.0. The van der Waals surface area contributed by atoms with Crippen molar-refractivity contribution in [1.82, 2.24) is 9.62 Å². The van der Waals surface area contributed by atoms with Crippen LogP contribution in [0.15, 0.2) is 52.3 Å². The highest BCUT2D eigenvalue weighted by Crippen LogP contribution is 2.22. The Labute approximate surface area is 176 Å². The average molecular weight is 435 g/mol. The number of carbonyl (C=O) groups excluding carboxylic acids is 1. The summed E-state index contributed by atoms with van der Waals surface area (Å²) in [5.74, 6) is 0.324. The van der Waals surface area contributed by atoms with Crippen LogP contribution in [-0.2, 0) is 14.8 Å². The summed E-state index contributed by atoms with van der Waals surface area (Å²) in [6, 6.07) is 12.6. The van der Waals surface area contributed by atoms with E-state index in [1.807, 2.05) is 0 Å². The smallest absolute Gasteiger partial charge is 0.252 e. The van der Waals surface area contributed by atoms with Gasteiger partial charge >= 0.3 is 0 Å². The molecule has 0 aromatic heterocycles. The third-order valence-corrected chi connectivity index (χ3v) is 7.81. The van der Waals surface area contributed by atoms with Crippen LogP contribution in [0.3, 0.4) is 0 Å². The number of sulfonamides is 1. The summed E-state index contributed by atoms with van der Waals surface area (Å²) in [4.78, 5) is 13.9. The second-order valence-corrected chi connectivity index (χ2v) is 9.94. The van der Waals surface area contributed by atoms with Crippen LogP contribution >= 0.6 is 11.8 Å². The Balaban J connectivity index is 1.63. The molecule has 3 rings (SSSR count). The highest BCUT2D eigenvalue weighted by Gasteiger charge is 2.29. The molecule has 2 aromatic rings. The standard InChI is InChI=1S/C21H26N2O4S2/c1-16-7-8-18(15-17(16)2)28-14-9-22-21(24)19-5-3-4-6-20(19)29(25,26)23-10-12-27-13-11-23/h3-8,15H,9-14H2,1-2H3,(H,22,24). The van der Waals surface area contributed by atoms with Crippen molar-refractivity contribution >= 4 is 27.7 Å². The molecule has 1 aliphatic heterocycles. The molecule has 0 bridgehead atoms. The maximum absolute atomic E-state index is 13.0. The molecule has 1 N–H and O–H groups in total. The third kappa shape index (κ3) is 5.39. The van der Waals surface area contributed by atoms with E-state index >= 15 is 0 Å². The van der Waals surface area contributed by atoms with Crippen LogP contribution < -0.4 is 5.32 Å². The first-order valence-corrected chi connectivity index (χ1v) is 12.0. The topological polar surface area (TPSA) is 75.7 Å². The van der Waals surface area contributed by atoms with Crippen LogP contribution in [0, 0.1) is 13.8 Å². The zero-order valence-corrected chi connectivity index (χ0v) is 18.3. The van der Waals surface area contributed by atoms with Crippen molar-refractivity contribution in [2.75, 3.05) is 38.6 Å². The van der Waals surface area contributed by atoms with Gasteiger partial charge in [-0.2, -0.15) is 4.31 Å². The Bertz CT molecular complexity index is 970. The lowest BCUT2D eigenvalue weighted by molar-refractivity contribution is 0.0730. The number of thioether (sulfide) groups is 1. The van der Waals surface area contributed by atoms with Crippen LogP contribution in [-0.4, -0.2) is 57.2 Å². The Morgan fingerprint density at radius 1 is 1.10 bits per heavy atom. The van der Waals surface area contributed by atoms with E-state index in [0.717, 1.165) is 4.90 Å². The minimum Gasteiger partial charge on any atom is -0.379 e. The molecule has 0 spiro atoms. The second-order valence-electron chi connectivity index (χ2n) is 6.86. The largest absolute Gasteiger partial charge is 0.379 e. The summed E-state index contributed by atoms with van der Waals surface area (Å²) in [7, 11) is -3.73. The number of nitrogens with zero attached hydrogens (tertiary/aromatic N) is 1. The summed E-state index contributed by atoms with van der Waals surface area (Å²) < 4.78 is 32.6. The molecule has 0 radical (unpaired) electrons. The SMILES string of the molecule is Cc1ccc(SCCNC(=O)c2ccccc2S(=O)(=O)N2CCOCC2)cc1C. The second kappa shape index (κ2) is 9.75. The van der Waals surface area contributed by atoms with E-state index in [0.29, 0.717) is 38.6 Å². The molecule has 2 aromatic carbocycles. The Morgan fingerprint density at radius 3 is 2.55 bits per heavy atom. The van der Waals surface area contributed by atoms with Gasteiger partial charge in [0.05, 0.1) is 23.7 Å². The molecule has 1 heterocycles. The van der Waals surface area contributed by atoms with E-state index in [1.54, 1.807) is 30.0 Å². The number of morpholine rings is 1. The zero-order chi connectivity index (χ0) is 20.9. The number of amides is 1. The van der Waals surface area contributed by atoms with Gasteiger partial charge in [-0.3, -0.25) is 4.79 Å². The molecule has 6 nitrogen and oxygen atoms in total. The number of hydrogen-bond donors (Lipinski definition) is 1. The molecule has 1 saturated heterocycles. The molecule has 0 unspecified atom stereocenters. The van der Waals surface area contributed by atoms with E-state index in [2.05, 4.69) is 37.4 Å². The number of benzene rings is 2. The van der Waals surface area contributed by atoms with Crippen molar-refractivity contribution in [3.05, 3.63) is 59.2 Å². The van der Waals surface area contributed by atoms with Gasteiger partial charge in [0.2, 0.25) is 10.0 Å². The summed E-state index contributed by atoms with van der Waals surface area (Å²) in [6.07, 6.45) is 0. The van der Waals surface area contributed by atoms with Crippen LogP contribution in [0.4, 0.5) is 0 Å². The van der Waals surface area contributed by atoms with Gasteiger partial charge in [-0.1, -0.05) is 18.2 Å². The first kappa shape index (κ1) is 21.8. The molecule has 1 amide bonds.